The van der Waals surface area contributed by atoms with Crippen LogP contribution < -0.4 is 11.1 Å². The number of nitrogens with one attached hydrogen (secondary N) is 1. The van der Waals surface area contributed by atoms with Crippen molar-refractivity contribution in [2.45, 2.75) is 24.1 Å². The highest BCUT2D eigenvalue weighted by Crippen LogP contribution is 2.31. The fraction of sp³-hybridized carbons (Fsp3) is 0.900. The van der Waals surface area contributed by atoms with E-state index < -0.39 is 0 Å². The van der Waals surface area contributed by atoms with Crippen molar-refractivity contribution in [3.8, 4) is 0 Å². The van der Waals surface area contributed by atoms with Gasteiger partial charge in [0.2, 0.25) is 5.91 Å². The van der Waals surface area contributed by atoms with E-state index in [4.69, 9.17) is 5.73 Å². The van der Waals surface area contributed by atoms with Gasteiger partial charge < -0.3 is 11.1 Å². The van der Waals surface area contributed by atoms with E-state index in [0.717, 1.165) is 11.5 Å². The maximum atomic E-state index is 11.7. The van der Waals surface area contributed by atoms with Gasteiger partial charge in [-0.25, -0.2) is 0 Å². The molecule has 1 saturated carbocycles. The average Bonchev–Trinajstić information content (AvgIpc) is 3.10. The highest BCUT2D eigenvalue weighted by Gasteiger charge is 2.29. The van der Waals surface area contributed by atoms with Gasteiger partial charge in [-0.05, 0) is 18.8 Å². The quantitative estimate of drug-likeness (QED) is 0.811. The molecule has 94 valence electrons. The van der Waals surface area contributed by atoms with E-state index in [2.05, 4.69) is 5.32 Å². The molecular weight excluding hydrogens is 264 g/mol. The highest BCUT2D eigenvalue weighted by molar-refractivity contribution is 8.07. The van der Waals surface area contributed by atoms with Gasteiger partial charge in [-0.2, -0.15) is 11.8 Å². The standard InChI is InChI=1S/C10H18N2OS2.ClH/c11-8(7-1-2-7)5-12-10(13)9-6-14-3-4-15-9;/h7-9H,1-6,11H2,(H,12,13);1H. The van der Waals surface area contributed by atoms with Gasteiger partial charge in [0, 0.05) is 29.8 Å². The van der Waals surface area contributed by atoms with Crippen LogP contribution in [0.15, 0.2) is 0 Å². The van der Waals surface area contributed by atoms with E-state index in [0.29, 0.717) is 12.5 Å². The van der Waals surface area contributed by atoms with Crippen LogP contribution in [0.25, 0.3) is 0 Å². The summed E-state index contributed by atoms with van der Waals surface area (Å²) in [5, 5.41) is 3.12. The van der Waals surface area contributed by atoms with Gasteiger partial charge in [-0.3, -0.25) is 4.79 Å². The third-order valence-corrected chi connectivity index (χ3v) is 5.60. The lowest BCUT2D eigenvalue weighted by atomic mass is 10.2. The minimum Gasteiger partial charge on any atom is -0.354 e. The maximum absolute atomic E-state index is 11.7. The molecule has 0 aromatic heterocycles. The SMILES string of the molecule is Cl.NC(CNC(=O)C1CSCCS1)C1CC1. The summed E-state index contributed by atoms with van der Waals surface area (Å²) in [6.45, 7) is 0.658. The number of rotatable bonds is 4. The second-order valence-electron chi connectivity index (χ2n) is 4.18. The fourth-order valence-electron chi connectivity index (χ4n) is 1.66. The van der Waals surface area contributed by atoms with Gasteiger partial charge in [0.15, 0.2) is 0 Å². The number of hydrogen-bond donors (Lipinski definition) is 2. The summed E-state index contributed by atoms with van der Waals surface area (Å²) in [6, 6.07) is 0.176. The first-order chi connectivity index (χ1) is 7.27. The molecule has 2 atom stereocenters. The summed E-state index contributed by atoms with van der Waals surface area (Å²) in [5.74, 6) is 4.07. The predicted octanol–water partition coefficient (Wildman–Crippen LogP) is 1.11. The van der Waals surface area contributed by atoms with E-state index in [-0.39, 0.29) is 29.6 Å². The van der Waals surface area contributed by atoms with Crippen molar-refractivity contribution >= 4 is 41.8 Å². The summed E-state index contributed by atoms with van der Waals surface area (Å²) < 4.78 is 0. The van der Waals surface area contributed by atoms with Crippen LogP contribution in [0.2, 0.25) is 0 Å². The van der Waals surface area contributed by atoms with E-state index in [1.54, 1.807) is 11.8 Å². The smallest absolute Gasteiger partial charge is 0.234 e. The molecule has 1 aliphatic carbocycles. The van der Waals surface area contributed by atoms with Gasteiger partial charge in [0.05, 0.1) is 5.25 Å². The fourth-order valence-corrected chi connectivity index (χ4v) is 4.24. The van der Waals surface area contributed by atoms with Crippen molar-refractivity contribution in [1.29, 1.82) is 0 Å². The summed E-state index contributed by atoms with van der Waals surface area (Å²) in [4.78, 5) is 11.7. The second kappa shape index (κ2) is 6.99. The van der Waals surface area contributed by atoms with E-state index in [1.807, 2.05) is 11.8 Å². The van der Waals surface area contributed by atoms with Crippen LogP contribution >= 0.6 is 35.9 Å². The maximum Gasteiger partial charge on any atom is 0.234 e. The molecule has 1 saturated heterocycles. The monoisotopic (exact) mass is 282 g/mol. The zero-order valence-corrected chi connectivity index (χ0v) is 11.6. The molecule has 2 fully saturated rings. The van der Waals surface area contributed by atoms with Crippen molar-refractivity contribution in [2.24, 2.45) is 11.7 Å². The zero-order chi connectivity index (χ0) is 10.7. The van der Waals surface area contributed by atoms with E-state index >= 15 is 0 Å². The van der Waals surface area contributed by atoms with Crippen LogP contribution in [0.4, 0.5) is 0 Å². The number of thioether (sulfide) groups is 2. The molecule has 0 aromatic rings. The van der Waals surface area contributed by atoms with Gasteiger partial charge >= 0.3 is 0 Å². The number of carbonyl (C=O) groups is 1. The Morgan fingerprint density at radius 3 is 2.75 bits per heavy atom. The van der Waals surface area contributed by atoms with Crippen molar-refractivity contribution in [3.63, 3.8) is 0 Å². The molecule has 3 nitrogen and oxygen atoms in total. The molecule has 0 spiro atoms. The molecule has 1 amide bonds. The lowest BCUT2D eigenvalue weighted by molar-refractivity contribution is -0.120. The highest BCUT2D eigenvalue weighted by atomic mass is 35.5. The molecule has 0 radical (unpaired) electrons. The zero-order valence-electron chi connectivity index (χ0n) is 9.19. The van der Waals surface area contributed by atoms with Crippen LogP contribution in [-0.2, 0) is 4.79 Å². The van der Waals surface area contributed by atoms with Crippen LogP contribution in [0.5, 0.6) is 0 Å². The molecule has 3 N–H and O–H groups in total. The van der Waals surface area contributed by atoms with Gasteiger partial charge in [-0.15, -0.1) is 24.2 Å². The minimum absolute atomic E-state index is 0. The minimum atomic E-state index is 0. The summed E-state index contributed by atoms with van der Waals surface area (Å²) in [7, 11) is 0. The normalized spacial score (nSPS) is 26.7. The molecular formula is C10H19ClN2OS2. The number of nitrogens with two attached hydrogens (primary N) is 1. The summed E-state index contributed by atoms with van der Waals surface area (Å²) >= 11 is 3.64. The Morgan fingerprint density at radius 1 is 1.44 bits per heavy atom. The molecule has 2 unspecified atom stereocenters. The Kier molecular flexibility index (Phi) is 6.32. The lowest BCUT2D eigenvalue weighted by Gasteiger charge is -2.21. The Balaban J connectivity index is 0.00000128. The van der Waals surface area contributed by atoms with Gasteiger partial charge in [0.1, 0.15) is 0 Å². The van der Waals surface area contributed by atoms with Crippen molar-refractivity contribution in [3.05, 3.63) is 0 Å². The lowest BCUT2D eigenvalue weighted by Crippen LogP contribution is -2.43. The topological polar surface area (TPSA) is 55.1 Å². The van der Waals surface area contributed by atoms with Gasteiger partial charge in [0.25, 0.3) is 0 Å². The second-order valence-corrected chi connectivity index (χ2v) is 6.64. The molecule has 1 aliphatic heterocycles. The molecule has 16 heavy (non-hydrogen) atoms. The number of carbonyl (C=O) groups excluding carboxylic acids is 1. The molecule has 0 bridgehead atoms. The summed E-state index contributed by atoms with van der Waals surface area (Å²) in [6.07, 6.45) is 2.48. The van der Waals surface area contributed by atoms with Crippen molar-refractivity contribution in [1.82, 2.24) is 5.32 Å². The third-order valence-electron chi connectivity index (χ3n) is 2.85. The first-order valence-corrected chi connectivity index (χ1v) is 7.70. The Bertz CT molecular complexity index is 233. The van der Waals surface area contributed by atoms with E-state index in [1.165, 1.54) is 18.6 Å². The first-order valence-electron chi connectivity index (χ1n) is 5.50. The average molecular weight is 283 g/mol. The van der Waals surface area contributed by atoms with Crippen LogP contribution in [-0.4, -0.2) is 41.0 Å². The molecule has 2 aliphatic rings. The molecule has 6 heteroatoms. The van der Waals surface area contributed by atoms with Gasteiger partial charge in [-0.1, -0.05) is 0 Å². The van der Waals surface area contributed by atoms with Crippen LogP contribution in [0.1, 0.15) is 12.8 Å². The molecule has 0 aromatic carbocycles. The number of hydrogen-bond acceptors (Lipinski definition) is 4. The largest absolute Gasteiger partial charge is 0.354 e. The van der Waals surface area contributed by atoms with E-state index in [9.17, 15) is 4.79 Å². The number of amides is 1. The number of halogens is 1. The Morgan fingerprint density at radius 2 is 2.19 bits per heavy atom. The van der Waals surface area contributed by atoms with Crippen LogP contribution in [0, 0.1) is 5.92 Å². The van der Waals surface area contributed by atoms with Crippen LogP contribution in [0.3, 0.4) is 0 Å². The van der Waals surface area contributed by atoms with Crippen molar-refractivity contribution < 1.29 is 4.79 Å². The molecule has 1 heterocycles. The van der Waals surface area contributed by atoms with Crippen molar-refractivity contribution in [2.75, 3.05) is 23.8 Å². The Labute approximate surface area is 111 Å². The first kappa shape index (κ1) is 14.5. The Hall–Kier alpha value is 0.420. The third kappa shape index (κ3) is 4.35. The predicted molar refractivity (Wildman–Crippen MR) is 74.5 cm³/mol. The molecule has 2 rings (SSSR count). The summed E-state index contributed by atoms with van der Waals surface area (Å²) in [5.41, 5.74) is 5.93.